The zero-order valence-corrected chi connectivity index (χ0v) is 30.9. The van der Waals surface area contributed by atoms with Crippen LogP contribution in [0.15, 0.2) is 42.2 Å². The Morgan fingerprint density at radius 3 is 2.23 bits per heavy atom. The van der Waals surface area contributed by atoms with Crippen molar-refractivity contribution in [1.82, 2.24) is 45.4 Å². The summed E-state index contributed by atoms with van der Waals surface area (Å²) in [5, 5.41) is 9.04. The van der Waals surface area contributed by atoms with Gasteiger partial charge < -0.3 is 40.5 Å². The summed E-state index contributed by atoms with van der Waals surface area (Å²) in [6.45, 7) is 6.96. The number of carbonyl (C=O) groups is 4. The lowest BCUT2D eigenvalue weighted by Crippen LogP contribution is -2.51. The zero-order valence-electron chi connectivity index (χ0n) is 30.1. The quantitative estimate of drug-likeness (QED) is 0.118. The van der Waals surface area contributed by atoms with Crippen molar-refractivity contribution in [2.24, 2.45) is 5.92 Å². The number of ketones is 1. The summed E-state index contributed by atoms with van der Waals surface area (Å²) in [5.41, 5.74) is 4.43. The number of aromatic amines is 2. The van der Waals surface area contributed by atoms with Gasteiger partial charge in [-0.15, -0.1) is 11.3 Å². The van der Waals surface area contributed by atoms with Crippen molar-refractivity contribution in [3.8, 4) is 11.3 Å². The van der Waals surface area contributed by atoms with Gasteiger partial charge in [0.2, 0.25) is 17.6 Å². The molecule has 276 valence electrons. The van der Waals surface area contributed by atoms with E-state index < -0.39 is 12.1 Å². The third-order valence-electron chi connectivity index (χ3n) is 9.82. The summed E-state index contributed by atoms with van der Waals surface area (Å²) >= 11 is 1.22. The fraction of sp³-hybridized carbons (Fsp3) is 0.472. The van der Waals surface area contributed by atoms with Crippen molar-refractivity contribution in [3.05, 3.63) is 64.4 Å². The zero-order chi connectivity index (χ0) is 36.9. The van der Waals surface area contributed by atoms with Gasteiger partial charge in [0.05, 0.1) is 48.8 Å². The molecule has 2 saturated heterocycles. The highest BCUT2D eigenvalue weighted by Crippen LogP contribution is 2.34. The molecule has 2 aliphatic rings. The number of nitrogens with one attached hydrogen (secondary N) is 5. The third-order valence-corrected chi connectivity index (χ3v) is 10.6. The molecule has 0 spiro atoms. The maximum atomic E-state index is 13.7. The molecule has 2 fully saturated rings. The Bertz CT molecular complexity index is 1880. The minimum Gasteiger partial charge on any atom is -0.453 e. The highest BCUT2D eigenvalue weighted by atomic mass is 32.1. The smallest absolute Gasteiger partial charge is 0.407 e. The monoisotopic (exact) mass is 730 g/mol. The van der Waals surface area contributed by atoms with Crippen LogP contribution in [0.25, 0.3) is 11.3 Å². The second kappa shape index (κ2) is 16.1. The van der Waals surface area contributed by atoms with E-state index in [1.54, 1.807) is 16.6 Å². The van der Waals surface area contributed by atoms with Crippen LogP contribution in [0.2, 0.25) is 0 Å². The standard InChI is InChI=1S/C36H46N10O5S/c1-6-23(37-4)34(48)45-15-7-9-26(45)31-38-17-24(42-31)21-11-13-22(14-12-21)41-33-30(52-19-40-33)29(47)25-18-39-32(43-25)27-10-8-16-46(27)35(49)28(20(2)3)44-36(50)51-5/h11-14,17-20,23,26-28,37,41H,6-10,15-16H2,1-5H3,(H,38,42)(H,39,43)(H,44,50)/t23-,26-,27-,28-/m0/s1. The van der Waals surface area contributed by atoms with E-state index in [0.717, 1.165) is 55.0 Å². The number of rotatable bonds is 13. The first-order valence-corrected chi connectivity index (χ1v) is 18.6. The highest BCUT2D eigenvalue weighted by Gasteiger charge is 2.38. The summed E-state index contributed by atoms with van der Waals surface area (Å²) in [5.74, 6) is 1.18. The van der Waals surface area contributed by atoms with Crippen LogP contribution >= 0.6 is 11.3 Å². The van der Waals surface area contributed by atoms with Crippen molar-refractivity contribution in [1.29, 1.82) is 0 Å². The van der Waals surface area contributed by atoms with Crippen LogP contribution < -0.4 is 16.0 Å². The molecule has 52 heavy (non-hydrogen) atoms. The maximum absolute atomic E-state index is 13.7. The number of aromatic nitrogens is 5. The van der Waals surface area contributed by atoms with Crippen LogP contribution in [-0.2, 0) is 14.3 Å². The minimum atomic E-state index is -0.752. The van der Waals surface area contributed by atoms with Crippen molar-refractivity contribution >= 4 is 46.5 Å². The van der Waals surface area contributed by atoms with E-state index in [0.29, 0.717) is 35.2 Å². The number of hydrogen-bond donors (Lipinski definition) is 5. The molecule has 3 aromatic heterocycles. The summed E-state index contributed by atoms with van der Waals surface area (Å²) in [6, 6.07) is 6.34. The molecule has 0 unspecified atom stereocenters. The van der Waals surface area contributed by atoms with Crippen LogP contribution in [0.1, 0.15) is 92.0 Å². The Hall–Kier alpha value is -5.09. The Labute approximate surface area is 306 Å². The Kier molecular flexibility index (Phi) is 11.3. The maximum Gasteiger partial charge on any atom is 0.407 e. The van der Waals surface area contributed by atoms with Crippen molar-refractivity contribution in [3.63, 3.8) is 0 Å². The molecule has 6 rings (SSSR count). The summed E-state index contributed by atoms with van der Waals surface area (Å²) in [6.07, 6.45) is 6.60. The van der Waals surface area contributed by atoms with Crippen LogP contribution in [0, 0.1) is 5.92 Å². The number of ether oxygens (including phenoxy) is 1. The van der Waals surface area contributed by atoms with Gasteiger partial charge in [0.25, 0.3) is 0 Å². The van der Waals surface area contributed by atoms with Crippen LogP contribution in [0.4, 0.5) is 16.3 Å². The van der Waals surface area contributed by atoms with Gasteiger partial charge in [-0.05, 0) is 62.8 Å². The van der Waals surface area contributed by atoms with Gasteiger partial charge in [-0.3, -0.25) is 14.4 Å². The molecule has 0 bridgehead atoms. The number of thiazole rings is 1. The number of methoxy groups -OCH3 is 1. The summed E-state index contributed by atoms with van der Waals surface area (Å²) in [7, 11) is 3.08. The third kappa shape index (κ3) is 7.58. The average molecular weight is 731 g/mol. The molecular weight excluding hydrogens is 685 g/mol. The van der Waals surface area contributed by atoms with E-state index in [1.165, 1.54) is 24.6 Å². The lowest BCUT2D eigenvalue weighted by Gasteiger charge is -2.29. The lowest BCUT2D eigenvalue weighted by molar-refractivity contribution is -0.135. The first-order chi connectivity index (χ1) is 25.1. The second-order valence-electron chi connectivity index (χ2n) is 13.4. The van der Waals surface area contributed by atoms with Gasteiger partial charge in [0, 0.05) is 18.8 Å². The predicted molar refractivity (Wildman–Crippen MR) is 196 cm³/mol. The number of H-pyrrole nitrogens is 2. The van der Waals surface area contributed by atoms with Gasteiger partial charge in [-0.2, -0.15) is 0 Å². The molecule has 5 heterocycles. The predicted octanol–water partition coefficient (Wildman–Crippen LogP) is 4.94. The first kappa shape index (κ1) is 36.7. The number of nitrogens with zero attached hydrogens (tertiary/aromatic N) is 5. The fourth-order valence-corrected chi connectivity index (χ4v) is 7.67. The van der Waals surface area contributed by atoms with E-state index in [9.17, 15) is 19.2 Å². The fourth-order valence-electron chi connectivity index (χ4n) is 6.97. The topological polar surface area (TPSA) is 190 Å². The molecule has 5 N–H and O–H groups in total. The number of amides is 3. The van der Waals surface area contributed by atoms with Crippen molar-refractivity contribution in [2.75, 3.05) is 32.6 Å². The molecule has 16 heteroatoms. The second-order valence-corrected chi connectivity index (χ2v) is 14.3. The Balaban J connectivity index is 1.11. The van der Waals surface area contributed by atoms with Gasteiger partial charge in [-0.1, -0.05) is 32.9 Å². The molecule has 3 amide bonds. The molecule has 1 aromatic carbocycles. The number of anilines is 2. The average Bonchev–Trinajstić information content (AvgIpc) is 3.99. The van der Waals surface area contributed by atoms with Crippen molar-refractivity contribution in [2.45, 2.75) is 77.0 Å². The number of imidazole rings is 2. The van der Waals surface area contributed by atoms with Gasteiger partial charge >= 0.3 is 6.09 Å². The van der Waals surface area contributed by atoms with Gasteiger partial charge in [0.15, 0.2) is 5.82 Å². The molecule has 0 radical (unpaired) electrons. The molecule has 4 aromatic rings. The Morgan fingerprint density at radius 1 is 0.942 bits per heavy atom. The van der Waals surface area contributed by atoms with E-state index in [1.807, 2.05) is 57.0 Å². The SMILES string of the molecule is CC[C@H](NC)C(=O)N1CCC[C@H]1c1ncc(-c2ccc(Nc3ncsc3C(=O)c3cnc([C@@H]4CCCN4C(=O)[C@@H](NC(=O)OC)C(C)C)[nH]3)cc2)[nH]1. The first-order valence-electron chi connectivity index (χ1n) is 17.7. The van der Waals surface area contributed by atoms with Crippen LogP contribution in [0.3, 0.4) is 0 Å². The van der Waals surface area contributed by atoms with Gasteiger partial charge in [0.1, 0.15) is 28.3 Å². The molecule has 0 aliphatic carbocycles. The van der Waals surface area contributed by atoms with Crippen LogP contribution in [-0.4, -0.2) is 97.7 Å². The summed E-state index contributed by atoms with van der Waals surface area (Å²) < 4.78 is 4.73. The van der Waals surface area contributed by atoms with E-state index in [4.69, 9.17) is 4.74 Å². The van der Waals surface area contributed by atoms with E-state index >= 15 is 0 Å². The highest BCUT2D eigenvalue weighted by molar-refractivity contribution is 7.12. The minimum absolute atomic E-state index is 0.0803. The molecular formula is C36H46N10O5S. The number of likely N-dealkylation sites (tertiary alicyclic amines) is 2. The number of likely N-dealkylation sites (N-methyl/N-ethyl adjacent to an activating group) is 1. The number of carbonyl (C=O) groups excluding carboxylic acids is 4. The van der Waals surface area contributed by atoms with E-state index in [-0.39, 0.29) is 41.6 Å². The summed E-state index contributed by atoms with van der Waals surface area (Å²) in [4.78, 5) is 76.4. The number of hydrogen-bond acceptors (Lipinski definition) is 11. The number of alkyl carbamates (subject to hydrolysis) is 1. The Morgan fingerprint density at radius 2 is 1.60 bits per heavy atom. The van der Waals surface area contributed by atoms with Crippen molar-refractivity contribution < 1.29 is 23.9 Å². The number of benzene rings is 1. The molecule has 2 aliphatic heterocycles. The lowest BCUT2D eigenvalue weighted by atomic mass is 10.0. The molecule has 4 atom stereocenters. The van der Waals surface area contributed by atoms with Crippen LogP contribution in [0.5, 0.6) is 0 Å². The van der Waals surface area contributed by atoms with E-state index in [2.05, 4.69) is 40.9 Å². The largest absolute Gasteiger partial charge is 0.453 e. The molecule has 15 nitrogen and oxygen atoms in total. The molecule has 0 saturated carbocycles. The van der Waals surface area contributed by atoms with Gasteiger partial charge in [-0.25, -0.2) is 19.7 Å². The normalized spacial score (nSPS) is 18.4.